The van der Waals surface area contributed by atoms with Crippen LogP contribution in [0.3, 0.4) is 0 Å². The van der Waals surface area contributed by atoms with Crippen molar-refractivity contribution in [2.24, 2.45) is 5.84 Å². The van der Waals surface area contributed by atoms with Gasteiger partial charge in [0.1, 0.15) is 5.82 Å². The molecule has 5 heteroatoms. The van der Waals surface area contributed by atoms with Crippen LogP contribution in [0.2, 0.25) is 5.02 Å². The number of hydrazine groups is 1. The zero-order valence-electron chi connectivity index (χ0n) is 9.34. The smallest absolute Gasteiger partial charge is 0.123 e. The Morgan fingerprint density at radius 3 is 2.75 bits per heavy atom. The molecule has 0 spiro atoms. The summed E-state index contributed by atoms with van der Waals surface area (Å²) in [7, 11) is 1.59. The van der Waals surface area contributed by atoms with E-state index >= 15 is 0 Å². The van der Waals surface area contributed by atoms with Crippen molar-refractivity contribution in [1.29, 1.82) is 0 Å². The Labute approximate surface area is 99.7 Å². The second-order valence-corrected chi connectivity index (χ2v) is 3.90. The molecular weight excluding hydrogens is 231 g/mol. The molecule has 2 unspecified atom stereocenters. The Hall–Kier alpha value is -0.680. The molecule has 0 aliphatic carbocycles. The molecule has 0 aliphatic rings. The third-order valence-electron chi connectivity index (χ3n) is 2.55. The fourth-order valence-corrected chi connectivity index (χ4v) is 1.92. The molecule has 1 aromatic rings. The van der Waals surface area contributed by atoms with Crippen LogP contribution in [0, 0.1) is 5.82 Å². The summed E-state index contributed by atoms with van der Waals surface area (Å²) in [4.78, 5) is 0. The normalized spacial score (nSPS) is 14.8. The molecular formula is C11H16ClFN2O. The Bertz CT molecular complexity index is 345. The highest BCUT2D eigenvalue weighted by Crippen LogP contribution is 2.27. The van der Waals surface area contributed by atoms with Crippen molar-refractivity contribution in [1.82, 2.24) is 5.43 Å². The molecule has 0 fully saturated rings. The van der Waals surface area contributed by atoms with Gasteiger partial charge in [0.25, 0.3) is 0 Å². The Morgan fingerprint density at radius 1 is 1.56 bits per heavy atom. The molecule has 0 heterocycles. The van der Waals surface area contributed by atoms with Crippen LogP contribution in [0.25, 0.3) is 0 Å². The van der Waals surface area contributed by atoms with E-state index in [4.69, 9.17) is 22.2 Å². The van der Waals surface area contributed by atoms with Gasteiger partial charge in [0.2, 0.25) is 0 Å². The molecule has 3 N–H and O–H groups in total. The maximum Gasteiger partial charge on any atom is 0.123 e. The zero-order chi connectivity index (χ0) is 12.1. The van der Waals surface area contributed by atoms with E-state index in [0.29, 0.717) is 10.6 Å². The van der Waals surface area contributed by atoms with E-state index in [-0.39, 0.29) is 18.0 Å². The molecule has 1 rings (SSSR count). The summed E-state index contributed by atoms with van der Waals surface area (Å²) in [5.74, 6) is 5.12. The number of halogens is 2. The van der Waals surface area contributed by atoms with Gasteiger partial charge in [-0.3, -0.25) is 11.3 Å². The quantitative estimate of drug-likeness (QED) is 0.620. The average molecular weight is 247 g/mol. The van der Waals surface area contributed by atoms with E-state index in [1.165, 1.54) is 18.2 Å². The van der Waals surface area contributed by atoms with Crippen LogP contribution in [-0.4, -0.2) is 13.2 Å². The van der Waals surface area contributed by atoms with Crippen LogP contribution >= 0.6 is 11.6 Å². The maximum atomic E-state index is 13.1. The number of ether oxygens (including phenoxy) is 1. The number of benzene rings is 1. The molecule has 90 valence electrons. The van der Waals surface area contributed by atoms with Crippen molar-refractivity contribution in [2.45, 2.75) is 25.5 Å². The van der Waals surface area contributed by atoms with Gasteiger partial charge in [0.05, 0.1) is 12.1 Å². The van der Waals surface area contributed by atoms with Crippen LogP contribution in [0.4, 0.5) is 4.39 Å². The van der Waals surface area contributed by atoms with Gasteiger partial charge in [0.15, 0.2) is 0 Å². The average Bonchev–Trinajstić information content (AvgIpc) is 2.29. The van der Waals surface area contributed by atoms with Crippen LogP contribution in [-0.2, 0) is 4.74 Å². The van der Waals surface area contributed by atoms with Crippen LogP contribution in [0.1, 0.15) is 24.9 Å². The fourth-order valence-electron chi connectivity index (χ4n) is 1.69. The number of hydrogen-bond acceptors (Lipinski definition) is 3. The summed E-state index contributed by atoms with van der Waals surface area (Å²) in [6.45, 7) is 1.96. The summed E-state index contributed by atoms with van der Waals surface area (Å²) in [5.41, 5.74) is 3.22. The number of rotatable bonds is 5. The summed E-state index contributed by atoms with van der Waals surface area (Å²) in [5, 5.41) is 0.472. The van der Waals surface area contributed by atoms with Gasteiger partial charge in [-0.25, -0.2) is 4.39 Å². The monoisotopic (exact) mass is 246 g/mol. The lowest BCUT2D eigenvalue weighted by Crippen LogP contribution is -2.37. The predicted molar refractivity (Wildman–Crippen MR) is 62.6 cm³/mol. The third kappa shape index (κ3) is 2.92. The minimum atomic E-state index is -0.342. The molecule has 1 aromatic carbocycles. The van der Waals surface area contributed by atoms with Crippen molar-refractivity contribution < 1.29 is 9.13 Å². The Kier molecular flexibility index (Phi) is 5.15. The van der Waals surface area contributed by atoms with Crippen molar-refractivity contribution in [3.05, 3.63) is 34.6 Å². The van der Waals surface area contributed by atoms with Crippen LogP contribution in [0.15, 0.2) is 18.2 Å². The SMILES string of the molecule is CCC(OC)C(NN)c1cc(F)ccc1Cl. The highest BCUT2D eigenvalue weighted by molar-refractivity contribution is 6.31. The van der Waals surface area contributed by atoms with Gasteiger partial charge in [-0.05, 0) is 30.2 Å². The van der Waals surface area contributed by atoms with E-state index < -0.39 is 0 Å². The van der Waals surface area contributed by atoms with Gasteiger partial charge in [-0.1, -0.05) is 18.5 Å². The lowest BCUT2D eigenvalue weighted by atomic mass is 10.00. The highest BCUT2D eigenvalue weighted by Gasteiger charge is 2.22. The molecule has 16 heavy (non-hydrogen) atoms. The summed E-state index contributed by atoms with van der Waals surface area (Å²) >= 11 is 6.01. The highest BCUT2D eigenvalue weighted by atomic mass is 35.5. The third-order valence-corrected chi connectivity index (χ3v) is 2.89. The first-order valence-electron chi connectivity index (χ1n) is 5.07. The predicted octanol–water partition coefficient (Wildman–Crippen LogP) is 2.41. The number of nitrogens with one attached hydrogen (secondary N) is 1. The van der Waals surface area contributed by atoms with Gasteiger partial charge >= 0.3 is 0 Å². The van der Waals surface area contributed by atoms with Gasteiger partial charge < -0.3 is 4.74 Å². The minimum Gasteiger partial charge on any atom is -0.379 e. The van der Waals surface area contributed by atoms with E-state index in [2.05, 4.69) is 5.43 Å². The maximum absolute atomic E-state index is 13.1. The number of nitrogens with two attached hydrogens (primary N) is 1. The van der Waals surface area contributed by atoms with Gasteiger partial charge in [0, 0.05) is 12.1 Å². The number of hydrogen-bond donors (Lipinski definition) is 2. The lowest BCUT2D eigenvalue weighted by Gasteiger charge is -2.25. The molecule has 0 aliphatic heterocycles. The molecule has 0 aromatic heterocycles. The van der Waals surface area contributed by atoms with E-state index in [0.717, 1.165) is 6.42 Å². The Morgan fingerprint density at radius 2 is 2.25 bits per heavy atom. The summed E-state index contributed by atoms with van der Waals surface area (Å²) < 4.78 is 18.4. The molecule has 0 bridgehead atoms. The van der Waals surface area contributed by atoms with Gasteiger partial charge in [-0.15, -0.1) is 0 Å². The number of methoxy groups -OCH3 is 1. The van der Waals surface area contributed by atoms with Crippen molar-refractivity contribution in [2.75, 3.05) is 7.11 Å². The molecule has 2 atom stereocenters. The van der Waals surface area contributed by atoms with Crippen LogP contribution in [0.5, 0.6) is 0 Å². The first kappa shape index (κ1) is 13.4. The second-order valence-electron chi connectivity index (χ2n) is 3.49. The van der Waals surface area contributed by atoms with E-state index in [1.807, 2.05) is 6.92 Å². The van der Waals surface area contributed by atoms with Gasteiger partial charge in [-0.2, -0.15) is 0 Å². The first-order valence-corrected chi connectivity index (χ1v) is 5.45. The largest absolute Gasteiger partial charge is 0.379 e. The minimum absolute atomic E-state index is 0.149. The topological polar surface area (TPSA) is 47.3 Å². The fraction of sp³-hybridized carbons (Fsp3) is 0.455. The van der Waals surface area contributed by atoms with Crippen molar-refractivity contribution in [3.8, 4) is 0 Å². The van der Waals surface area contributed by atoms with Crippen LogP contribution < -0.4 is 11.3 Å². The zero-order valence-corrected chi connectivity index (χ0v) is 10.1. The lowest BCUT2D eigenvalue weighted by molar-refractivity contribution is 0.0650. The first-order chi connectivity index (χ1) is 7.63. The standard InChI is InChI=1S/C11H16ClFN2O/c1-3-10(16-2)11(15-14)8-6-7(13)4-5-9(8)12/h4-6,10-11,15H,3,14H2,1-2H3. The summed E-state index contributed by atoms with van der Waals surface area (Å²) in [6, 6.07) is 3.87. The van der Waals surface area contributed by atoms with E-state index in [1.54, 1.807) is 7.11 Å². The summed E-state index contributed by atoms with van der Waals surface area (Å²) in [6.07, 6.45) is 0.599. The Balaban J connectivity index is 3.06. The molecule has 0 saturated carbocycles. The molecule has 0 saturated heterocycles. The molecule has 3 nitrogen and oxygen atoms in total. The molecule has 0 radical (unpaired) electrons. The van der Waals surface area contributed by atoms with Crippen molar-refractivity contribution >= 4 is 11.6 Å². The van der Waals surface area contributed by atoms with Crippen molar-refractivity contribution in [3.63, 3.8) is 0 Å². The van der Waals surface area contributed by atoms with E-state index in [9.17, 15) is 4.39 Å². The molecule has 0 amide bonds. The second kappa shape index (κ2) is 6.15.